The van der Waals surface area contributed by atoms with E-state index in [-0.39, 0.29) is 17.6 Å². The number of hydrogen-bond donors (Lipinski definition) is 2. The Morgan fingerprint density at radius 3 is 2.44 bits per heavy atom. The Bertz CT molecular complexity index is 1070. The van der Waals surface area contributed by atoms with Crippen molar-refractivity contribution in [2.45, 2.75) is 58.3 Å². The van der Waals surface area contributed by atoms with Crippen molar-refractivity contribution < 1.29 is 13.5 Å². The quantitative estimate of drug-likeness (QED) is 0.267. The molecule has 0 amide bonds. The Morgan fingerprint density at radius 2 is 1.69 bits per heavy atom. The highest BCUT2D eigenvalue weighted by Gasteiger charge is 2.11. The van der Waals surface area contributed by atoms with Crippen molar-refractivity contribution in [3.8, 4) is 5.75 Å². The second-order valence-corrected chi connectivity index (χ2v) is 7.63. The van der Waals surface area contributed by atoms with Gasteiger partial charge in [-0.2, -0.15) is 19.3 Å². The number of hydrogen-bond acceptors (Lipinski definition) is 8. The number of ether oxygens (including phenoxy) is 1. The smallest absolute Gasteiger partial charge is 0.360 e. The molecule has 3 aromatic rings. The molecule has 0 saturated heterocycles. The number of aromatic nitrogens is 3. The van der Waals surface area contributed by atoms with Crippen LogP contribution in [0.5, 0.6) is 5.75 Å². The third-order valence-electron chi connectivity index (χ3n) is 5.11. The zero-order valence-corrected chi connectivity index (χ0v) is 18.6. The Hall–Kier alpha value is -3.23. The first-order valence-corrected chi connectivity index (χ1v) is 11.1. The number of nitrogens with zero attached hydrogens (tertiary/aromatic N) is 3. The summed E-state index contributed by atoms with van der Waals surface area (Å²) < 4.78 is 24.3. The largest absolute Gasteiger partial charge is 0.497 e. The first kappa shape index (κ1) is 23.4. The van der Waals surface area contributed by atoms with Gasteiger partial charge < -0.3 is 19.8 Å². The third-order valence-corrected chi connectivity index (χ3v) is 5.11. The van der Waals surface area contributed by atoms with Gasteiger partial charge in [-0.1, -0.05) is 51.9 Å². The van der Waals surface area contributed by atoms with Gasteiger partial charge in [0.2, 0.25) is 11.9 Å². The highest BCUT2D eigenvalue weighted by Crippen LogP contribution is 2.22. The first-order valence-electron chi connectivity index (χ1n) is 11.1. The number of fused-ring (bicyclic) bond motifs is 1. The molecule has 0 saturated carbocycles. The number of anilines is 3. The van der Waals surface area contributed by atoms with Crippen LogP contribution in [0.1, 0.15) is 58.3 Å². The van der Waals surface area contributed by atoms with Gasteiger partial charge in [-0.3, -0.25) is 0 Å². The molecule has 0 aliphatic rings. The number of halogens is 1. The van der Waals surface area contributed by atoms with Crippen LogP contribution in [0.15, 0.2) is 33.5 Å². The number of benzene rings is 1. The summed E-state index contributed by atoms with van der Waals surface area (Å²) in [5.74, 6) is 0.627. The van der Waals surface area contributed by atoms with Crippen LogP contribution in [0, 0.1) is 6.08 Å². The first-order chi connectivity index (χ1) is 15.6. The van der Waals surface area contributed by atoms with E-state index in [1.807, 2.05) is 0 Å². The molecule has 172 valence electrons. The molecule has 3 rings (SSSR count). The standard InChI is InChI=1S/C23H30FN5O3/c1-3-4-5-6-7-8-9-10-13-25-22-27-21(24)28-23(29-22)26-18-14-16-11-12-17(31-2)15-19(16)32-20(18)30/h11-12,14-15H,3-10,13H2,1-2H3,(H2,25,26,27,28,29). The average molecular weight is 444 g/mol. The summed E-state index contributed by atoms with van der Waals surface area (Å²) in [6, 6.07) is 6.72. The van der Waals surface area contributed by atoms with E-state index in [2.05, 4.69) is 32.5 Å². The molecule has 2 aromatic heterocycles. The van der Waals surface area contributed by atoms with Gasteiger partial charge in [0.05, 0.1) is 7.11 Å². The summed E-state index contributed by atoms with van der Waals surface area (Å²) in [5.41, 5.74) is -0.142. The molecule has 2 heterocycles. The highest BCUT2D eigenvalue weighted by atomic mass is 19.1. The molecule has 0 fully saturated rings. The molecule has 9 heteroatoms. The fraction of sp³-hybridized carbons (Fsp3) is 0.478. The lowest BCUT2D eigenvalue weighted by atomic mass is 10.1. The minimum Gasteiger partial charge on any atom is -0.497 e. The van der Waals surface area contributed by atoms with E-state index >= 15 is 0 Å². The van der Waals surface area contributed by atoms with Crippen LogP contribution < -0.4 is 21.0 Å². The molecule has 2 N–H and O–H groups in total. The predicted octanol–water partition coefficient (Wildman–Crippen LogP) is 5.42. The van der Waals surface area contributed by atoms with Gasteiger partial charge in [0.15, 0.2) is 0 Å². The van der Waals surface area contributed by atoms with Crippen LogP contribution in [0.3, 0.4) is 0 Å². The monoisotopic (exact) mass is 443 g/mol. The van der Waals surface area contributed by atoms with Crippen molar-refractivity contribution >= 4 is 28.6 Å². The molecular weight excluding hydrogens is 413 g/mol. The molecule has 8 nitrogen and oxygen atoms in total. The van der Waals surface area contributed by atoms with Gasteiger partial charge in [-0.25, -0.2) is 4.79 Å². The van der Waals surface area contributed by atoms with E-state index in [0.29, 0.717) is 23.3 Å². The molecule has 0 unspecified atom stereocenters. The molecule has 1 aromatic carbocycles. The van der Waals surface area contributed by atoms with Crippen molar-refractivity contribution in [2.75, 3.05) is 24.3 Å². The maximum absolute atomic E-state index is 13.9. The van der Waals surface area contributed by atoms with Gasteiger partial charge in [0.25, 0.3) is 0 Å². The van der Waals surface area contributed by atoms with Crippen LogP contribution in [0.2, 0.25) is 0 Å². The second kappa shape index (κ2) is 12.0. The lowest BCUT2D eigenvalue weighted by Crippen LogP contribution is -2.12. The van der Waals surface area contributed by atoms with Gasteiger partial charge in [0.1, 0.15) is 17.0 Å². The van der Waals surface area contributed by atoms with E-state index in [0.717, 1.165) is 12.8 Å². The highest BCUT2D eigenvalue weighted by molar-refractivity contribution is 5.81. The minimum atomic E-state index is -0.934. The lowest BCUT2D eigenvalue weighted by Gasteiger charge is -2.08. The topological polar surface area (TPSA) is 102 Å². The number of rotatable bonds is 13. The Labute approximate surface area is 186 Å². The van der Waals surface area contributed by atoms with E-state index in [1.165, 1.54) is 45.6 Å². The normalized spacial score (nSPS) is 11.0. The minimum absolute atomic E-state index is 0.0731. The number of nitrogens with one attached hydrogen (secondary N) is 2. The Balaban J connectivity index is 1.56. The Kier molecular flexibility index (Phi) is 8.77. The van der Waals surface area contributed by atoms with Crippen LogP contribution in [-0.4, -0.2) is 28.6 Å². The van der Waals surface area contributed by atoms with Crippen molar-refractivity contribution in [1.29, 1.82) is 0 Å². The summed E-state index contributed by atoms with van der Waals surface area (Å²) >= 11 is 0. The van der Waals surface area contributed by atoms with Crippen LogP contribution in [0.4, 0.5) is 22.0 Å². The fourth-order valence-electron chi connectivity index (χ4n) is 3.37. The van der Waals surface area contributed by atoms with Gasteiger partial charge in [-0.05, 0) is 24.6 Å². The summed E-state index contributed by atoms with van der Waals surface area (Å²) in [5, 5.41) is 6.43. The zero-order chi connectivity index (χ0) is 22.8. The van der Waals surface area contributed by atoms with Crippen LogP contribution in [-0.2, 0) is 0 Å². The zero-order valence-electron chi connectivity index (χ0n) is 18.6. The van der Waals surface area contributed by atoms with Crippen molar-refractivity contribution in [1.82, 2.24) is 15.0 Å². The molecule has 0 aliphatic carbocycles. The molecule has 0 atom stereocenters. The maximum Gasteiger partial charge on any atom is 0.360 e. The van der Waals surface area contributed by atoms with Crippen molar-refractivity contribution in [3.05, 3.63) is 40.8 Å². The molecule has 0 aliphatic heterocycles. The maximum atomic E-state index is 13.9. The fourth-order valence-corrected chi connectivity index (χ4v) is 3.37. The van der Waals surface area contributed by atoms with E-state index < -0.39 is 11.7 Å². The molecule has 0 radical (unpaired) electrons. The van der Waals surface area contributed by atoms with Crippen LogP contribution in [0.25, 0.3) is 11.0 Å². The number of unbranched alkanes of at least 4 members (excludes halogenated alkanes) is 7. The van der Waals surface area contributed by atoms with Crippen molar-refractivity contribution in [2.24, 2.45) is 0 Å². The molecule has 32 heavy (non-hydrogen) atoms. The van der Waals surface area contributed by atoms with E-state index in [4.69, 9.17) is 9.15 Å². The van der Waals surface area contributed by atoms with Crippen LogP contribution >= 0.6 is 0 Å². The average Bonchev–Trinajstić information content (AvgIpc) is 2.78. The van der Waals surface area contributed by atoms with E-state index in [9.17, 15) is 9.18 Å². The van der Waals surface area contributed by atoms with Gasteiger partial charge in [-0.15, -0.1) is 0 Å². The third kappa shape index (κ3) is 6.90. The molecular formula is C23H30FN5O3. The van der Waals surface area contributed by atoms with Crippen molar-refractivity contribution in [3.63, 3.8) is 0 Å². The SMILES string of the molecule is CCCCCCCCCCNc1nc(F)nc(Nc2cc3ccc(OC)cc3oc2=O)n1. The number of methoxy groups -OCH3 is 1. The molecule has 0 bridgehead atoms. The summed E-state index contributed by atoms with van der Waals surface area (Å²) in [6.07, 6.45) is 8.69. The lowest BCUT2D eigenvalue weighted by molar-refractivity contribution is 0.414. The summed E-state index contributed by atoms with van der Waals surface area (Å²) in [4.78, 5) is 23.8. The summed E-state index contributed by atoms with van der Waals surface area (Å²) in [6.45, 7) is 2.85. The Morgan fingerprint density at radius 1 is 0.969 bits per heavy atom. The van der Waals surface area contributed by atoms with Gasteiger partial charge >= 0.3 is 11.7 Å². The van der Waals surface area contributed by atoms with Gasteiger partial charge in [0, 0.05) is 18.0 Å². The second-order valence-electron chi connectivity index (χ2n) is 7.63. The summed E-state index contributed by atoms with van der Waals surface area (Å²) in [7, 11) is 1.53. The van der Waals surface area contributed by atoms with E-state index in [1.54, 1.807) is 24.3 Å². The predicted molar refractivity (Wildman–Crippen MR) is 123 cm³/mol. The molecule has 0 spiro atoms.